The van der Waals surface area contributed by atoms with Crippen LogP contribution in [0.5, 0.6) is 0 Å². The molecule has 0 bridgehead atoms. The van der Waals surface area contributed by atoms with E-state index in [0.29, 0.717) is 22.4 Å². The van der Waals surface area contributed by atoms with Crippen molar-refractivity contribution in [3.63, 3.8) is 0 Å². The minimum absolute atomic E-state index is 0.107. The number of nitrogens with one attached hydrogen (secondary N) is 1. The number of furan rings is 1. The van der Waals surface area contributed by atoms with Crippen molar-refractivity contribution < 1.29 is 17.6 Å². The lowest BCUT2D eigenvalue weighted by Gasteiger charge is -2.34. The smallest absolute Gasteiger partial charge is 0.287 e. The van der Waals surface area contributed by atoms with Gasteiger partial charge in [-0.15, -0.1) is 0 Å². The Balaban J connectivity index is 1.61. The molecule has 3 rings (SSSR count). The van der Waals surface area contributed by atoms with E-state index >= 15 is 0 Å². The molecule has 0 radical (unpaired) electrons. The van der Waals surface area contributed by atoms with Crippen LogP contribution in [0.3, 0.4) is 0 Å². The molecule has 2 aromatic rings. The Bertz CT molecular complexity index is 920. The summed E-state index contributed by atoms with van der Waals surface area (Å²) in [5, 5.41) is 3.60. The first kappa shape index (κ1) is 20.9. The van der Waals surface area contributed by atoms with E-state index < -0.39 is 9.84 Å². The van der Waals surface area contributed by atoms with Crippen LogP contribution in [-0.2, 0) is 21.3 Å². The Kier molecular flexibility index (Phi) is 6.50. The van der Waals surface area contributed by atoms with Gasteiger partial charge < -0.3 is 9.73 Å². The highest BCUT2D eigenvalue weighted by molar-refractivity contribution is 7.89. The highest BCUT2D eigenvalue weighted by atomic mass is 35.5. The van der Waals surface area contributed by atoms with Crippen molar-refractivity contribution in [1.82, 2.24) is 5.32 Å². The molecule has 1 N–H and O–H groups in total. The Hall–Kier alpha value is -1.79. The number of carbonyl (C=O) groups excluding carboxylic acids is 1. The summed E-state index contributed by atoms with van der Waals surface area (Å²) in [5.41, 5.74) is 0.661. The molecular formula is C21H26ClNO4S. The molecule has 1 saturated carbocycles. The molecule has 0 aliphatic heterocycles. The van der Waals surface area contributed by atoms with Crippen molar-refractivity contribution >= 4 is 27.3 Å². The minimum atomic E-state index is -3.42. The quantitative estimate of drug-likeness (QED) is 0.736. The monoisotopic (exact) mass is 423 g/mol. The van der Waals surface area contributed by atoms with E-state index in [1.54, 1.807) is 36.4 Å². The van der Waals surface area contributed by atoms with Crippen LogP contribution in [0.1, 0.15) is 55.0 Å². The maximum atomic E-state index is 12.5. The van der Waals surface area contributed by atoms with Gasteiger partial charge in [0.25, 0.3) is 5.91 Å². The predicted molar refractivity (Wildman–Crippen MR) is 110 cm³/mol. The predicted octanol–water partition coefficient (Wildman–Crippen LogP) is 4.60. The van der Waals surface area contributed by atoms with E-state index in [1.165, 1.54) is 6.42 Å². The van der Waals surface area contributed by atoms with Crippen LogP contribution in [0.25, 0.3) is 0 Å². The summed E-state index contributed by atoms with van der Waals surface area (Å²) in [4.78, 5) is 12.5. The second kappa shape index (κ2) is 8.70. The summed E-state index contributed by atoms with van der Waals surface area (Å²) < 4.78 is 30.4. The molecule has 1 fully saturated rings. The van der Waals surface area contributed by atoms with Gasteiger partial charge in [0.05, 0.1) is 5.75 Å². The lowest BCUT2D eigenvalue weighted by Crippen LogP contribution is -2.43. The van der Waals surface area contributed by atoms with Crippen LogP contribution in [0.2, 0.25) is 5.02 Å². The standard InChI is InChI=1S/C21H26ClNO4S/c1-14-4-3-5-19(15(14)2)23-21(24)20-11-10-18(27-20)13-28(25,26)12-16-6-8-17(22)9-7-16/h6-11,14-15,19H,3-5,12-13H2,1-2H3,(H,23,24). The molecule has 28 heavy (non-hydrogen) atoms. The van der Waals surface area contributed by atoms with Crippen LogP contribution >= 0.6 is 11.6 Å². The van der Waals surface area contributed by atoms with Crippen molar-refractivity contribution in [2.24, 2.45) is 11.8 Å². The molecule has 0 spiro atoms. The molecule has 1 aromatic heterocycles. The molecule has 3 atom stereocenters. The van der Waals surface area contributed by atoms with Gasteiger partial charge in [0, 0.05) is 11.1 Å². The highest BCUT2D eigenvalue weighted by Crippen LogP contribution is 2.29. The van der Waals surface area contributed by atoms with Crippen LogP contribution in [0.4, 0.5) is 0 Å². The SMILES string of the molecule is CC1CCCC(NC(=O)c2ccc(CS(=O)(=O)Cc3ccc(Cl)cc3)o2)C1C. The fourth-order valence-electron chi connectivity index (χ4n) is 3.71. The highest BCUT2D eigenvalue weighted by Gasteiger charge is 2.29. The largest absolute Gasteiger partial charge is 0.455 e. The molecule has 1 aromatic carbocycles. The second-order valence-electron chi connectivity index (χ2n) is 7.77. The van der Waals surface area contributed by atoms with E-state index in [1.807, 2.05) is 0 Å². The Morgan fingerprint density at radius 2 is 1.82 bits per heavy atom. The first-order valence-corrected chi connectivity index (χ1v) is 11.8. The molecule has 152 valence electrons. The third kappa shape index (κ3) is 5.39. The van der Waals surface area contributed by atoms with Gasteiger partial charge in [-0.2, -0.15) is 0 Å². The third-order valence-corrected chi connectivity index (χ3v) is 7.32. The van der Waals surface area contributed by atoms with Gasteiger partial charge in [-0.05, 0) is 48.1 Å². The Labute approximate surface area is 171 Å². The zero-order chi connectivity index (χ0) is 20.3. The molecule has 1 aliphatic carbocycles. The molecule has 1 heterocycles. The lowest BCUT2D eigenvalue weighted by molar-refractivity contribution is 0.0861. The molecule has 7 heteroatoms. The summed E-state index contributed by atoms with van der Waals surface area (Å²) >= 11 is 5.83. The summed E-state index contributed by atoms with van der Waals surface area (Å²) in [7, 11) is -3.42. The number of amides is 1. The summed E-state index contributed by atoms with van der Waals surface area (Å²) in [6, 6.07) is 9.92. The fourth-order valence-corrected chi connectivity index (χ4v) is 5.22. The van der Waals surface area contributed by atoms with Gasteiger partial charge in [-0.3, -0.25) is 4.79 Å². The number of rotatable bonds is 6. The van der Waals surface area contributed by atoms with Crippen LogP contribution in [0.15, 0.2) is 40.8 Å². The van der Waals surface area contributed by atoms with Crippen LogP contribution < -0.4 is 5.32 Å². The van der Waals surface area contributed by atoms with E-state index in [9.17, 15) is 13.2 Å². The van der Waals surface area contributed by atoms with Crippen molar-refractivity contribution in [2.75, 3.05) is 0 Å². The average molecular weight is 424 g/mol. The van der Waals surface area contributed by atoms with Gasteiger partial charge in [0.1, 0.15) is 11.5 Å². The lowest BCUT2D eigenvalue weighted by atomic mass is 9.78. The van der Waals surface area contributed by atoms with E-state index in [4.69, 9.17) is 16.0 Å². The van der Waals surface area contributed by atoms with Gasteiger partial charge in [0.2, 0.25) is 0 Å². The van der Waals surface area contributed by atoms with Crippen LogP contribution in [-0.4, -0.2) is 20.4 Å². The third-order valence-electron chi connectivity index (χ3n) is 5.57. The van der Waals surface area contributed by atoms with Crippen LogP contribution in [0, 0.1) is 11.8 Å². The van der Waals surface area contributed by atoms with Crippen molar-refractivity contribution in [1.29, 1.82) is 0 Å². The number of hydrogen-bond acceptors (Lipinski definition) is 4. The molecule has 1 aliphatic rings. The Morgan fingerprint density at radius 3 is 2.54 bits per heavy atom. The number of hydrogen-bond donors (Lipinski definition) is 1. The van der Waals surface area contributed by atoms with Gasteiger partial charge in [-0.1, -0.05) is 50.4 Å². The second-order valence-corrected chi connectivity index (χ2v) is 10.3. The summed E-state index contributed by atoms with van der Waals surface area (Å²) in [6.07, 6.45) is 3.24. The number of carbonyl (C=O) groups is 1. The van der Waals surface area contributed by atoms with Gasteiger partial charge in [0.15, 0.2) is 15.6 Å². The Morgan fingerprint density at radius 1 is 1.11 bits per heavy atom. The van der Waals surface area contributed by atoms with Crippen molar-refractivity contribution in [2.45, 2.75) is 50.7 Å². The van der Waals surface area contributed by atoms with E-state index in [-0.39, 0.29) is 35.0 Å². The maximum Gasteiger partial charge on any atom is 0.287 e. The number of sulfone groups is 1. The van der Waals surface area contributed by atoms with E-state index in [2.05, 4.69) is 19.2 Å². The maximum absolute atomic E-state index is 12.5. The molecule has 1 amide bonds. The van der Waals surface area contributed by atoms with Gasteiger partial charge in [-0.25, -0.2) is 8.42 Å². The minimum Gasteiger partial charge on any atom is -0.455 e. The number of benzene rings is 1. The molecular weight excluding hydrogens is 398 g/mol. The summed E-state index contributed by atoms with van der Waals surface area (Å²) in [5.74, 6) is 0.763. The topological polar surface area (TPSA) is 76.4 Å². The van der Waals surface area contributed by atoms with E-state index in [0.717, 1.165) is 12.8 Å². The van der Waals surface area contributed by atoms with Crippen molar-refractivity contribution in [3.05, 3.63) is 58.5 Å². The zero-order valence-electron chi connectivity index (χ0n) is 16.2. The summed E-state index contributed by atoms with van der Waals surface area (Å²) in [6.45, 7) is 4.37. The first-order chi connectivity index (χ1) is 13.2. The molecule has 0 saturated heterocycles. The molecule has 5 nitrogen and oxygen atoms in total. The average Bonchev–Trinajstić information content (AvgIpc) is 3.08. The normalized spacial score (nSPS) is 22.8. The molecule has 3 unspecified atom stereocenters. The van der Waals surface area contributed by atoms with Gasteiger partial charge >= 0.3 is 0 Å². The first-order valence-electron chi connectivity index (χ1n) is 9.58. The fraction of sp³-hybridized carbons (Fsp3) is 0.476. The zero-order valence-corrected chi connectivity index (χ0v) is 17.7. The van der Waals surface area contributed by atoms with Crippen molar-refractivity contribution in [3.8, 4) is 0 Å². The number of halogens is 1.